The predicted octanol–water partition coefficient (Wildman–Crippen LogP) is 0.0745. The van der Waals surface area contributed by atoms with Crippen molar-refractivity contribution in [1.82, 2.24) is 40.4 Å². The average Bonchev–Trinajstić information content (AvgIpc) is 3.69. The summed E-state index contributed by atoms with van der Waals surface area (Å²) in [4.78, 5) is 38.9. The van der Waals surface area contributed by atoms with Crippen molar-refractivity contribution in [2.75, 3.05) is 17.3 Å². The molecule has 4 rings (SSSR count). The maximum atomic E-state index is 12.3. The van der Waals surface area contributed by atoms with Crippen LogP contribution in [-0.2, 0) is 0 Å². The molecule has 0 aliphatic rings. The van der Waals surface area contributed by atoms with E-state index in [1.807, 2.05) is 0 Å². The van der Waals surface area contributed by atoms with Crippen molar-refractivity contribution in [1.29, 1.82) is 0 Å². The summed E-state index contributed by atoms with van der Waals surface area (Å²) in [6, 6.07) is 0. The smallest absolute Gasteiger partial charge is 0.487 e. The second-order valence-corrected chi connectivity index (χ2v) is 6.67. The summed E-state index contributed by atoms with van der Waals surface area (Å²) in [5, 5.41) is 99.2. The summed E-state index contributed by atoms with van der Waals surface area (Å²) >= 11 is 0. The fraction of sp³-hybridized carbons (Fsp3) is 0.0909. The summed E-state index contributed by atoms with van der Waals surface area (Å²) in [5.74, 6) is -4.57. The van der Waals surface area contributed by atoms with E-state index >= 15 is 0 Å². The van der Waals surface area contributed by atoms with E-state index in [9.17, 15) is 50.9 Å². The lowest BCUT2D eigenvalue weighted by atomic mass is 10.5. The number of nitrogens with zero attached hydrogens (tertiary/aromatic N) is 16. The van der Waals surface area contributed by atoms with Gasteiger partial charge in [-0.05, 0) is 20.2 Å². The molecule has 4 aromatic rings. The number of nitrogens with one attached hydrogen (secondary N) is 2. The Morgan fingerprint density at radius 1 is 0.634 bits per heavy atom. The Labute approximate surface area is 217 Å². The van der Waals surface area contributed by atoms with Gasteiger partial charge in [0.2, 0.25) is 12.4 Å². The third-order valence-electron chi connectivity index (χ3n) is 4.23. The molecule has 0 bridgehead atoms. The number of rotatable bonds is 12. The standard InChI is InChI=1S/C11H6N18O12/c30-24(20-22-1-4(26(32)33)8(14-22)28(36)37)10-6(16-40-18-10)12-3-13-7-11(19-41-17-7)25(31)21-23-2-5(27(34)35)9(15-23)29(38)39/h1-2H,3H2,(H,12,16)(H,13,17). The van der Waals surface area contributed by atoms with Crippen LogP contribution in [0.25, 0.3) is 0 Å². The average molecular weight is 582 g/mol. The molecule has 0 fully saturated rings. The number of hydrogen-bond donors (Lipinski definition) is 2. The zero-order valence-electron chi connectivity index (χ0n) is 18.9. The van der Waals surface area contributed by atoms with Gasteiger partial charge in [0, 0.05) is 0 Å². The second-order valence-electron chi connectivity index (χ2n) is 6.67. The Morgan fingerprint density at radius 2 is 1.02 bits per heavy atom. The van der Waals surface area contributed by atoms with Crippen LogP contribution in [0.3, 0.4) is 0 Å². The third kappa shape index (κ3) is 5.52. The maximum absolute atomic E-state index is 12.3. The number of anilines is 2. The molecule has 41 heavy (non-hydrogen) atoms. The van der Waals surface area contributed by atoms with E-state index in [1.165, 1.54) is 0 Å². The van der Waals surface area contributed by atoms with Gasteiger partial charge in [0.15, 0.2) is 10.2 Å². The lowest BCUT2D eigenvalue weighted by Crippen LogP contribution is -2.14. The van der Waals surface area contributed by atoms with Crippen LogP contribution in [0.1, 0.15) is 0 Å². The van der Waals surface area contributed by atoms with Gasteiger partial charge in [-0.15, -0.1) is 9.72 Å². The lowest BCUT2D eigenvalue weighted by molar-refractivity contribution is -0.453. The summed E-state index contributed by atoms with van der Waals surface area (Å²) in [6.45, 7) is -0.429. The largest absolute Gasteiger partial charge is 0.721 e. The van der Waals surface area contributed by atoms with E-state index in [1.54, 1.807) is 0 Å². The van der Waals surface area contributed by atoms with Crippen molar-refractivity contribution in [2.45, 2.75) is 0 Å². The highest BCUT2D eigenvalue weighted by atomic mass is 16.7. The van der Waals surface area contributed by atoms with Gasteiger partial charge in [-0.2, -0.15) is 9.26 Å². The fourth-order valence-electron chi connectivity index (χ4n) is 2.60. The Kier molecular flexibility index (Phi) is 6.91. The molecule has 0 aliphatic carbocycles. The van der Waals surface area contributed by atoms with E-state index in [4.69, 9.17) is 0 Å². The summed E-state index contributed by atoms with van der Waals surface area (Å²) in [6.07, 6.45) is 0.980. The van der Waals surface area contributed by atoms with Gasteiger partial charge in [-0.3, -0.25) is 20.2 Å². The van der Waals surface area contributed by atoms with Crippen molar-refractivity contribution in [3.05, 3.63) is 63.3 Å². The molecule has 0 aromatic carbocycles. The van der Waals surface area contributed by atoms with Crippen LogP contribution < -0.4 is 10.6 Å². The van der Waals surface area contributed by atoms with E-state index in [0.717, 1.165) is 0 Å². The first kappa shape index (κ1) is 26.8. The SMILES string of the molecule is O=[N+]([O-])c1cn(N=[N+]([O-])c2nonc2NCNc2nonc2[N+]([O-])=Nn2cc([N+](=O)[O-])c([N+](=O)[O-])n2)nc1[N+](=O)[O-]. The molecule has 30 heteroatoms. The van der Waals surface area contributed by atoms with Gasteiger partial charge in [0.25, 0.3) is 11.6 Å². The Hall–Kier alpha value is -7.30. The predicted molar refractivity (Wildman–Crippen MR) is 114 cm³/mol. The van der Waals surface area contributed by atoms with Gasteiger partial charge in [0.05, 0.1) is 36.5 Å². The topological polar surface area (TPSA) is 387 Å². The van der Waals surface area contributed by atoms with Crippen LogP contribution in [0.15, 0.2) is 32.1 Å². The van der Waals surface area contributed by atoms with E-state index in [2.05, 4.69) is 61.2 Å². The third-order valence-corrected chi connectivity index (χ3v) is 4.23. The molecule has 0 saturated carbocycles. The lowest BCUT2D eigenvalue weighted by Gasteiger charge is -2.06. The van der Waals surface area contributed by atoms with Crippen LogP contribution in [0.4, 0.5) is 46.3 Å². The van der Waals surface area contributed by atoms with Crippen LogP contribution in [0.2, 0.25) is 0 Å². The van der Waals surface area contributed by atoms with Gasteiger partial charge < -0.3 is 41.3 Å². The minimum atomic E-state index is -1.19. The first-order valence-electron chi connectivity index (χ1n) is 9.74. The van der Waals surface area contributed by atoms with Gasteiger partial charge in [0.1, 0.15) is 10.3 Å². The molecule has 0 aliphatic heterocycles. The molecular weight excluding hydrogens is 576 g/mol. The monoisotopic (exact) mass is 582 g/mol. The Morgan fingerprint density at radius 3 is 1.34 bits per heavy atom. The second kappa shape index (κ2) is 10.6. The molecule has 0 atom stereocenters. The number of hydrogen-bond acceptors (Lipinski definition) is 22. The highest BCUT2D eigenvalue weighted by Crippen LogP contribution is 2.26. The van der Waals surface area contributed by atoms with Crippen molar-refractivity contribution in [2.24, 2.45) is 10.4 Å². The Bertz CT molecular complexity index is 1540. The van der Waals surface area contributed by atoms with Crippen LogP contribution in [-0.4, -0.2) is 76.5 Å². The molecule has 0 unspecified atom stereocenters. The maximum Gasteiger partial charge on any atom is 0.487 e. The highest BCUT2D eigenvalue weighted by Gasteiger charge is 2.35. The van der Waals surface area contributed by atoms with E-state index in [-0.39, 0.29) is 19.3 Å². The number of nitro groups is 4. The summed E-state index contributed by atoms with van der Waals surface area (Å²) in [7, 11) is 0. The molecular formula is C11H6N18O12. The molecule has 212 valence electrons. The summed E-state index contributed by atoms with van der Waals surface area (Å²) in [5.41, 5.74) is -2.10. The molecule has 0 amide bonds. The highest BCUT2D eigenvalue weighted by molar-refractivity contribution is 5.52. The van der Waals surface area contributed by atoms with E-state index in [0.29, 0.717) is 12.4 Å². The van der Waals surface area contributed by atoms with Crippen molar-refractivity contribution >= 4 is 46.3 Å². The zero-order chi connectivity index (χ0) is 29.8. The Balaban J connectivity index is 1.47. The van der Waals surface area contributed by atoms with Crippen LogP contribution in [0, 0.1) is 50.9 Å². The fourth-order valence-corrected chi connectivity index (χ4v) is 2.60. The molecule has 2 N–H and O–H groups in total. The molecule has 30 nitrogen and oxygen atoms in total. The first-order valence-corrected chi connectivity index (χ1v) is 9.74. The van der Waals surface area contributed by atoms with Gasteiger partial charge in [-0.1, -0.05) is 0 Å². The first-order chi connectivity index (χ1) is 19.5. The molecule has 0 saturated heterocycles. The molecule has 4 aromatic heterocycles. The van der Waals surface area contributed by atoms with E-state index < -0.39 is 72.6 Å². The zero-order valence-corrected chi connectivity index (χ0v) is 18.9. The van der Waals surface area contributed by atoms with Gasteiger partial charge >= 0.3 is 34.6 Å². The van der Waals surface area contributed by atoms with Crippen molar-refractivity contribution < 1.29 is 38.7 Å². The van der Waals surface area contributed by atoms with Crippen LogP contribution >= 0.6 is 0 Å². The molecule has 0 radical (unpaired) electrons. The number of aromatic nitrogens is 8. The summed E-state index contributed by atoms with van der Waals surface area (Å²) < 4.78 is 8.82. The molecule has 4 heterocycles. The van der Waals surface area contributed by atoms with Crippen molar-refractivity contribution in [3.63, 3.8) is 0 Å². The van der Waals surface area contributed by atoms with Crippen LogP contribution in [0.5, 0.6) is 0 Å². The van der Waals surface area contributed by atoms with Gasteiger partial charge in [-0.25, -0.2) is 0 Å². The minimum Gasteiger partial charge on any atom is -0.721 e. The normalized spacial score (nSPS) is 11.8. The minimum absolute atomic E-state index is 0.239. The molecule has 0 spiro atoms. The van der Waals surface area contributed by atoms with Crippen molar-refractivity contribution in [3.8, 4) is 0 Å². The quantitative estimate of drug-likeness (QED) is 0.0733.